The fourth-order valence-electron chi connectivity index (χ4n) is 1.80. The lowest BCUT2D eigenvalue weighted by Crippen LogP contribution is -1.80. The molecule has 0 fully saturated rings. The molecule has 0 saturated heterocycles. The summed E-state index contributed by atoms with van der Waals surface area (Å²) in [6, 6.07) is 0. The average Bonchev–Trinajstić information content (AvgIpc) is 2.64. The molecular weight excluding hydrogens is 312 g/mol. The quantitative estimate of drug-likeness (QED) is 0.323. The second-order valence-corrected chi connectivity index (χ2v) is 5.06. The first kappa shape index (κ1) is 22.6. The average molecular weight is 341 g/mol. The standard InChI is InChI=1S/C26H28/c1-7-11-19-23(5)25(17-9-3)21-15-13-14-16-22-26(18-10-4)24(6)20-12-8-2/h7-22H,1-6H2/b14-13-,19-11-,20-12-,21-15+,22-16+,25-17-,26-18-. The maximum Gasteiger partial charge on any atom is -0.0190 e. The maximum atomic E-state index is 4.03. The van der Waals surface area contributed by atoms with E-state index < -0.39 is 0 Å². The highest BCUT2D eigenvalue weighted by molar-refractivity contribution is 5.48. The topological polar surface area (TPSA) is 0 Å². The van der Waals surface area contributed by atoms with Crippen molar-refractivity contribution in [2.24, 2.45) is 0 Å². The van der Waals surface area contributed by atoms with Gasteiger partial charge in [0.15, 0.2) is 0 Å². The van der Waals surface area contributed by atoms with Crippen LogP contribution >= 0.6 is 0 Å². The van der Waals surface area contributed by atoms with Crippen LogP contribution in [0.4, 0.5) is 0 Å². The minimum absolute atomic E-state index is 0.895. The summed E-state index contributed by atoms with van der Waals surface area (Å²) in [5.41, 5.74) is 3.77. The van der Waals surface area contributed by atoms with Crippen molar-refractivity contribution < 1.29 is 0 Å². The predicted octanol–water partition coefficient (Wildman–Crippen LogP) is 7.48. The minimum Gasteiger partial charge on any atom is -0.0991 e. The van der Waals surface area contributed by atoms with Gasteiger partial charge in [0.05, 0.1) is 0 Å². The van der Waals surface area contributed by atoms with Crippen molar-refractivity contribution in [2.45, 2.75) is 0 Å². The van der Waals surface area contributed by atoms with E-state index in [0.717, 1.165) is 22.3 Å². The van der Waals surface area contributed by atoms with Gasteiger partial charge in [-0.2, -0.15) is 0 Å². The maximum absolute atomic E-state index is 4.03. The van der Waals surface area contributed by atoms with Gasteiger partial charge in [-0.3, -0.25) is 0 Å². The van der Waals surface area contributed by atoms with Gasteiger partial charge in [0.2, 0.25) is 0 Å². The highest BCUT2D eigenvalue weighted by Gasteiger charge is 1.93. The second-order valence-electron chi connectivity index (χ2n) is 5.06. The molecule has 0 spiro atoms. The molecule has 0 saturated carbocycles. The number of hydrogen-bond acceptors (Lipinski definition) is 0. The van der Waals surface area contributed by atoms with Crippen molar-refractivity contribution in [3.63, 3.8) is 0 Å². The summed E-state index contributed by atoms with van der Waals surface area (Å²) >= 11 is 0. The Labute approximate surface area is 159 Å². The second kappa shape index (κ2) is 15.2. The van der Waals surface area contributed by atoms with Gasteiger partial charge in [-0.15, -0.1) is 0 Å². The van der Waals surface area contributed by atoms with E-state index in [0.29, 0.717) is 0 Å². The van der Waals surface area contributed by atoms with Crippen molar-refractivity contribution in [3.05, 3.63) is 159 Å². The molecule has 0 radical (unpaired) electrons. The number of hydrogen-bond donors (Lipinski definition) is 0. The fourth-order valence-corrected chi connectivity index (χ4v) is 1.80. The Balaban J connectivity index is 5.03. The Bertz CT molecular complexity index is 671. The van der Waals surface area contributed by atoms with E-state index in [1.165, 1.54) is 0 Å². The van der Waals surface area contributed by atoms with Crippen LogP contribution in [0.3, 0.4) is 0 Å². The van der Waals surface area contributed by atoms with E-state index in [9.17, 15) is 0 Å². The summed E-state index contributed by atoms with van der Waals surface area (Å²) in [6.45, 7) is 22.9. The lowest BCUT2D eigenvalue weighted by atomic mass is 10.1. The van der Waals surface area contributed by atoms with Crippen LogP contribution in [-0.2, 0) is 0 Å². The van der Waals surface area contributed by atoms with Crippen molar-refractivity contribution in [3.8, 4) is 0 Å². The molecule has 26 heavy (non-hydrogen) atoms. The zero-order valence-electron chi connectivity index (χ0n) is 15.5. The van der Waals surface area contributed by atoms with E-state index in [1.54, 1.807) is 24.3 Å². The van der Waals surface area contributed by atoms with Crippen LogP contribution in [0.1, 0.15) is 0 Å². The van der Waals surface area contributed by atoms with Crippen molar-refractivity contribution in [1.82, 2.24) is 0 Å². The lowest BCUT2D eigenvalue weighted by Gasteiger charge is -1.99. The smallest absolute Gasteiger partial charge is 0.0190 e. The van der Waals surface area contributed by atoms with Crippen molar-refractivity contribution in [1.29, 1.82) is 0 Å². The summed E-state index contributed by atoms with van der Waals surface area (Å²) in [7, 11) is 0. The van der Waals surface area contributed by atoms with E-state index in [-0.39, 0.29) is 0 Å². The molecule has 0 rings (SSSR count). The molecule has 0 aliphatic carbocycles. The molecule has 0 aromatic rings. The van der Waals surface area contributed by atoms with Gasteiger partial charge in [-0.25, -0.2) is 0 Å². The zero-order valence-corrected chi connectivity index (χ0v) is 15.5. The fraction of sp³-hybridized carbons (Fsp3) is 0. The molecule has 0 nitrogen and oxygen atoms in total. The number of allylic oxidation sites excluding steroid dienone is 20. The Kier molecular flexibility index (Phi) is 13.2. The molecular formula is C26H28. The molecule has 0 heterocycles. The van der Waals surface area contributed by atoms with Crippen LogP contribution in [0.15, 0.2) is 159 Å². The molecule has 0 aliphatic rings. The van der Waals surface area contributed by atoms with Gasteiger partial charge in [0.25, 0.3) is 0 Å². The highest BCUT2D eigenvalue weighted by atomic mass is 14.0. The Morgan fingerprint density at radius 1 is 0.423 bits per heavy atom. The van der Waals surface area contributed by atoms with Gasteiger partial charge >= 0.3 is 0 Å². The third-order valence-electron chi connectivity index (χ3n) is 3.09. The van der Waals surface area contributed by atoms with E-state index in [1.807, 2.05) is 72.9 Å². The SMILES string of the molecule is C=C/C=C\C(=C)C(=C\C=C)/C=C/C=C\C=C\C(=C\C=C)C(=C)/C=C\C=C. The predicted molar refractivity (Wildman–Crippen MR) is 121 cm³/mol. The first-order valence-corrected chi connectivity index (χ1v) is 8.24. The Morgan fingerprint density at radius 2 is 0.808 bits per heavy atom. The van der Waals surface area contributed by atoms with Crippen LogP contribution in [-0.4, -0.2) is 0 Å². The van der Waals surface area contributed by atoms with Crippen LogP contribution in [0, 0.1) is 0 Å². The van der Waals surface area contributed by atoms with Gasteiger partial charge in [0.1, 0.15) is 0 Å². The Hall–Kier alpha value is -3.38. The first-order valence-electron chi connectivity index (χ1n) is 8.24. The molecule has 0 aromatic heterocycles. The van der Waals surface area contributed by atoms with Crippen molar-refractivity contribution in [2.75, 3.05) is 0 Å². The van der Waals surface area contributed by atoms with Gasteiger partial charge in [-0.1, -0.05) is 137 Å². The van der Waals surface area contributed by atoms with E-state index >= 15 is 0 Å². The van der Waals surface area contributed by atoms with Crippen LogP contribution in [0.25, 0.3) is 0 Å². The summed E-state index contributed by atoms with van der Waals surface area (Å²) in [5, 5.41) is 0. The van der Waals surface area contributed by atoms with Gasteiger partial charge in [0, 0.05) is 0 Å². The van der Waals surface area contributed by atoms with E-state index in [4.69, 9.17) is 0 Å². The van der Waals surface area contributed by atoms with Gasteiger partial charge < -0.3 is 0 Å². The molecule has 132 valence electrons. The summed E-state index contributed by atoms with van der Waals surface area (Å²) < 4.78 is 0. The largest absolute Gasteiger partial charge is 0.0991 e. The van der Waals surface area contributed by atoms with Crippen molar-refractivity contribution >= 4 is 0 Å². The lowest BCUT2D eigenvalue weighted by molar-refractivity contribution is 1.56. The monoisotopic (exact) mass is 340 g/mol. The summed E-state index contributed by atoms with van der Waals surface area (Å²) in [5.74, 6) is 0. The van der Waals surface area contributed by atoms with Gasteiger partial charge in [-0.05, 0) is 22.3 Å². The molecule has 0 N–H and O–H groups in total. The molecule has 0 aliphatic heterocycles. The summed E-state index contributed by atoms with van der Waals surface area (Å²) in [6.07, 6.45) is 30.0. The van der Waals surface area contributed by atoms with Crippen LogP contribution in [0.5, 0.6) is 0 Å². The van der Waals surface area contributed by atoms with Crippen LogP contribution < -0.4 is 0 Å². The third kappa shape index (κ3) is 10.4. The highest BCUT2D eigenvalue weighted by Crippen LogP contribution is 2.13. The first-order chi connectivity index (χ1) is 12.6. The molecule has 0 amide bonds. The van der Waals surface area contributed by atoms with E-state index in [2.05, 4.69) is 39.5 Å². The molecule has 0 bridgehead atoms. The molecule has 0 heteroatoms. The Morgan fingerprint density at radius 3 is 1.12 bits per heavy atom. The number of rotatable bonds is 12. The normalized spacial score (nSPS) is 13.2. The minimum atomic E-state index is 0.895. The molecule has 0 atom stereocenters. The third-order valence-corrected chi connectivity index (χ3v) is 3.09. The summed E-state index contributed by atoms with van der Waals surface area (Å²) in [4.78, 5) is 0. The molecule has 0 aromatic carbocycles. The van der Waals surface area contributed by atoms with Crippen LogP contribution in [0.2, 0.25) is 0 Å². The zero-order chi connectivity index (χ0) is 19.6. The molecule has 0 unspecified atom stereocenters.